The van der Waals surface area contributed by atoms with Gasteiger partial charge in [0.25, 0.3) is 0 Å². The van der Waals surface area contributed by atoms with Crippen LogP contribution >= 0.6 is 0 Å². The zero-order valence-electron chi connectivity index (χ0n) is 11.5. The summed E-state index contributed by atoms with van der Waals surface area (Å²) in [6, 6.07) is 5.07. The van der Waals surface area contributed by atoms with Crippen LogP contribution in [0.4, 0.5) is 11.4 Å². The maximum Gasteiger partial charge on any atom is 0.250 e. The Morgan fingerprint density at radius 3 is 2.70 bits per heavy atom. The summed E-state index contributed by atoms with van der Waals surface area (Å²) >= 11 is 0. The summed E-state index contributed by atoms with van der Waals surface area (Å²) in [6.45, 7) is -0.246. The monoisotopic (exact) mass is 284 g/mol. The number of rotatable bonds is 8. The second-order valence-electron chi connectivity index (χ2n) is 4.11. The van der Waals surface area contributed by atoms with Crippen molar-refractivity contribution in [3.8, 4) is 5.75 Å². The van der Waals surface area contributed by atoms with Crippen molar-refractivity contribution in [2.75, 3.05) is 44.6 Å². The molecule has 7 heteroatoms. The normalized spacial score (nSPS) is 11.8. The van der Waals surface area contributed by atoms with Gasteiger partial charge in [0, 0.05) is 19.7 Å². The first-order valence-corrected chi connectivity index (χ1v) is 6.10. The zero-order chi connectivity index (χ0) is 15.0. The summed E-state index contributed by atoms with van der Waals surface area (Å²) in [4.78, 5) is 11.5. The molecule has 7 nitrogen and oxygen atoms in total. The third kappa shape index (κ3) is 5.04. The predicted octanol–water partition coefficient (Wildman–Crippen LogP) is 0.0452. The summed E-state index contributed by atoms with van der Waals surface area (Å²) in [7, 11) is 2.97. The van der Waals surface area contributed by atoms with E-state index in [9.17, 15) is 9.90 Å². The van der Waals surface area contributed by atoms with Gasteiger partial charge in [0.05, 0.1) is 31.2 Å². The Hall–Kier alpha value is -1.83. The van der Waals surface area contributed by atoms with Crippen molar-refractivity contribution in [3.05, 3.63) is 18.2 Å². The molecule has 1 amide bonds. The number of hydrogen-bond acceptors (Lipinski definition) is 6. The smallest absolute Gasteiger partial charge is 0.250 e. The predicted molar refractivity (Wildman–Crippen MR) is 75.1 cm³/mol. The molecule has 0 saturated carbocycles. The molecule has 1 aromatic carbocycles. The number of carbonyl (C=O) groups is 1. The molecule has 0 fully saturated rings. The molecule has 20 heavy (non-hydrogen) atoms. The maximum absolute atomic E-state index is 11.5. The van der Waals surface area contributed by atoms with E-state index in [4.69, 9.17) is 14.6 Å². The number of methoxy groups -OCH3 is 2. The van der Waals surface area contributed by atoms with Gasteiger partial charge in [0.2, 0.25) is 5.91 Å². The lowest BCUT2D eigenvalue weighted by atomic mass is 10.2. The largest absolute Gasteiger partial charge is 0.497 e. The molecule has 1 aromatic rings. The minimum absolute atomic E-state index is 0.0509. The molecular weight excluding hydrogens is 264 g/mol. The molecule has 0 heterocycles. The Morgan fingerprint density at radius 2 is 2.10 bits per heavy atom. The van der Waals surface area contributed by atoms with E-state index in [0.29, 0.717) is 17.1 Å². The van der Waals surface area contributed by atoms with E-state index in [-0.39, 0.29) is 25.7 Å². The van der Waals surface area contributed by atoms with Crippen LogP contribution in [0.3, 0.4) is 0 Å². The SMILES string of the molecule is COCC(=O)Nc1ccc(OC)cc1NCC(O)CO. The minimum atomic E-state index is -0.885. The van der Waals surface area contributed by atoms with Crippen molar-refractivity contribution in [2.45, 2.75) is 6.10 Å². The summed E-state index contributed by atoms with van der Waals surface area (Å²) in [5.74, 6) is 0.319. The Morgan fingerprint density at radius 1 is 1.35 bits per heavy atom. The quantitative estimate of drug-likeness (QED) is 0.538. The topological polar surface area (TPSA) is 100 Å². The molecule has 112 valence electrons. The van der Waals surface area contributed by atoms with Crippen molar-refractivity contribution in [3.63, 3.8) is 0 Å². The van der Waals surface area contributed by atoms with Gasteiger partial charge in [-0.15, -0.1) is 0 Å². The van der Waals surface area contributed by atoms with E-state index < -0.39 is 6.10 Å². The van der Waals surface area contributed by atoms with Gasteiger partial charge < -0.3 is 30.3 Å². The number of carbonyl (C=O) groups excluding carboxylic acids is 1. The van der Waals surface area contributed by atoms with E-state index in [2.05, 4.69) is 10.6 Å². The van der Waals surface area contributed by atoms with Crippen molar-refractivity contribution in [1.29, 1.82) is 0 Å². The van der Waals surface area contributed by atoms with Gasteiger partial charge in [-0.2, -0.15) is 0 Å². The Bertz CT molecular complexity index is 439. The van der Waals surface area contributed by atoms with Crippen LogP contribution in [0.2, 0.25) is 0 Å². The van der Waals surface area contributed by atoms with E-state index in [1.807, 2.05) is 0 Å². The van der Waals surface area contributed by atoms with Crippen LogP contribution in [0.5, 0.6) is 5.75 Å². The number of amides is 1. The molecule has 0 aromatic heterocycles. The molecule has 1 rings (SSSR count). The van der Waals surface area contributed by atoms with Crippen LogP contribution in [0.15, 0.2) is 18.2 Å². The molecule has 1 atom stereocenters. The van der Waals surface area contributed by atoms with Gasteiger partial charge in [-0.1, -0.05) is 0 Å². The molecule has 4 N–H and O–H groups in total. The lowest BCUT2D eigenvalue weighted by molar-refractivity contribution is -0.119. The Labute approximate surface area is 117 Å². The first-order chi connectivity index (χ1) is 9.60. The highest BCUT2D eigenvalue weighted by Gasteiger charge is 2.09. The average molecular weight is 284 g/mol. The lowest BCUT2D eigenvalue weighted by Crippen LogP contribution is -2.24. The van der Waals surface area contributed by atoms with Crippen LogP contribution in [0.25, 0.3) is 0 Å². The van der Waals surface area contributed by atoms with Gasteiger partial charge in [-0.05, 0) is 12.1 Å². The van der Waals surface area contributed by atoms with E-state index >= 15 is 0 Å². The van der Waals surface area contributed by atoms with Crippen LogP contribution in [-0.2, 0) is 9.53 Å². The summed E-state index contributed by atoms with van der Waals surface area (Å²) < 4.78 is 9.85. The molecular formula is C13H20N2O5. The number of aliphatic hydroxyl groups excluding tert-OH is 2. The van der Waals surface area contributed by atoms with Crippen molar-refractivity contribution in [1.82, 2.24) is 0 Å². The second kappa shape index (κ2) is 8.36. The molecule has 0 aliphatic carbocycles. The number of benzene rings is 1. The van der Waals surface area contributed by atoms with Gasteiger partial charge in [-0.25, -0.2) is 0 Å². The van der Waals surface area contributed by atoms with Crippen LogP contribution in [0, 0.1) is 0 Å². The van der Waals surface area contributed by atoms with Crippen molar-refractivity contribution >= 4 is 17.3 Å². The zero-order valence-corrected chi connectivity index (χ0v) is 11.5. The van der Waals surface area contributed by atoms with Gasteiger partial charge in [0.15, 0.2) is 0 Å². The van der Waals surface area contributed by atoms with Crippen LogP contribution < -0.4 is 15.4 Å². The highest BCUT2D eigenvalue weighted by molar-refractivity contribution is 5.95. The number of anilines is 2. The Balaban J connectivity index is 2.83. The average Bonchev–Trinajstić information content (AvgIpc) is 2.46. The fourth-order valence-corrected chi connectivity index (χ4v) is 1.52. The van der Waals surface area contributed by atoms with Crippen LogP contribution in [0.1, 0.15) is 0 Å². The number of hydrogen-bond donors (Lipinski definition) is 4. The molecule has 0 aliphatic rings. The van der Waals surface area contributed by atoms with Gasteiger partial charge in [-0.3, -0.25) is 4.79 Å². The van der Waals surface area contributed by atoms with Crippen molar-refractivity contribution < 1.29 is 24.5 Å². The molecule has 0 aliphatic heterocycles. The highest BCUT2D eigenvalue weighted by atomic mass is 16.5. The molecule has 0 bridgehead atoms. The fraction of sp³-hybridized carbons (Fsp3) is 0.462. The first kappa shape index (κ1) is 16.2. The van der Waals surface area contributed by atoms with Crippen molar-refractivity contribution in [2.24, 2.45) is 0 Å². The summed E-state index contributed by atoms with van der Waals surface area (Å²) in [6.07, 6.45) is -0.885. The van der Waals surface area contributed by atoms with E-state index in [1.54, 1.807) is 18.2 Å². The van der Waals surface area contributed by atoms with Gasteiger partial charge in [0.1, 0.15) is 12.4 Å². The van der Waals surface area contributed by atoms with Gasteiger partial charge >= 0.3 is 0 Å². The molecule has 0 radical (unpaired) electrons. The number of nitrogens with one attached hydrogen (secondary N) is 2. The maximum atomic E-state index is 11.5. The summed E-state index contributed by atoms with van der Waals surface area (Å²) in [5.41, 5.74) is 1.12. The first-order valence-electron chi connectivity index (χ1n) is 6.10. The molecule has 0 saturated heterocycles. The number of ether oxygens (including phenoxy) is 2. The standard InChI is InChI=1S/C13H20N2O5/c1-19-8-13(18)15-11-4-3-10(20-2)5-12(11)14-6-9(17)7-16/h3-5,9,14,16-17H,6-8H2,1-2H3,(H,15,18). The minimum Gasteiger partial charge on any atom is -0.497 e. The third-order valence-electron chi connectivity index (χ3n) is 2.52. The second-order valence-corrected chi connectivity index (χ2v) is 4.11. The molecule has 0 spiro atoms. The Kier molecular flexibility index (Phi) is 6.78. The lowest BCUT2D eigenvalue weighted by Gasteiger charge is -2.16. The fourth-order valence-electron chi connectivity index (χ4n) is 1.52. The van der Waals surface area contributed by atoms with Crippen LogP contribution in [-0.4, -0.2) is 56.2 Å². The van der Waals surface area contributed by atoms with E-state index in [1.165, 1.54) is 14.2 Å². The molecule has 1 unspecified atom stereocenters. The van der Waals surface area contributed by atoms with E-state index in [0.717, 1.165) is 0 Å². The summed E-state index contributed by atoms with van der Waals surface area (Å²) in [5, 5.41) is 23.8. The number of aliphatic hydroxyl groups is 2. The third-order valence-corrected chi connectivity index (χ3v) is 2.52. The highest BCUT2D eigenvalue weighted by Crippen LogP contribution is 2.27.